The fourth-order valence-electron chi connectivity index (χ4n) is 1.52. The van der Waals surface area contributed by atoms with E-state index in [1.54, 1.807) is 0 Å². The van der Waals surface area contributed by atoms with Crippen molar-refractivity contribution in [1.29, 1.82) is 0 Å². The standard InChI is InChI=1S/C10H18N2O/c1-11-7-8-12(2)10(13)9-5-3-4-6-9/h3-4,9,11H,5-8H2,1-2H3. The molecule has 0 heterocycles. The number of nitrogens with zero attached hydrogens (tertiary/aromatic N) is 1. The number of amides is 1. The molecular formula is C10H18N2O. The first kappa shape index (κ1) is 10.3. The zero-order valence-electron chi connectivity index (χ0n) is 8.42. The van der Waals surface area contributed by atoms with E-state index in [1.165, 1.54) is 0 Å². The lowest BCUT2D eigenvalue weighted by Gasteiger charge is -2.20. The summed E-state index contributed by atoms with van der Waals surface area (Å²) in [6, 6.07) is 0. The summed E-state index contributed by atoms with van der Waals surface area (Å²) in [7, 11) is 3.77. The van der Waals surface area contributed by atoms with Gasteiger partial charge in [0, 0.05) is 26.1 Å². The summed E-state index contributed by atoms with van der Waals surface area (Å²) in [6.45, 7) is 1.66. The van der Waals surface area contributed by atoms with Gasteiger partial charge in [-0.3, -0.25) is 4.79 Å². The van der Waals surface area contributed by atoms with Crippen LogP contribution in [0, 0.1) is 5.92 Å². The van der Waals surface area contributed by atoms with Crippen molar-refractivity contribution in [2.75, 3.05) is 27.2 Å². The van der Waals surface area contributed by atoms with E-state index in [-0.39, 0.29) is 11.8 Å². The second-order valence-electron chi connectivity index (χ2n) is 3.50. The zero-order valence-corrected chi connectivity index (χ0v) is 8.42. The topological polar surface area (TPSA) is 32.3 Å². The molecule has 0 saturated heterocycles. The molecule has 0 aromatic heterocycles. The number of rotatable bonds is 4. The van der Waals surface area contributed by atoms with Gasteiger partial charge in [-0.2, -0.15) is 0 Å². The van der Waals surface area contributed by atoms with Crippen molar-refractivity contribution < 1.29 is 4.79 Å². The third kappa shape index (κ3) is 2.84. The van der Waals surface area contributed by atoms with Gasteiger partial charge in [0.2, 0.25) is 5.91 Å². The van der Waals surface area contributed by atoms with Gasteiger partial charge in [0.25, 0.3) is 0 Å². The summed E-state index contributed by atoms with van der Waals surface area (Å²) in [5.41, 5.74) is 0. The molecule has 0 radical (unpaired) electrons. The van der Waals surface area contributed by atoms with Crippen molar-refractivity contribution in [3.05, 3.63) is 12.2 Å². The molecule has 0 fully saturated rings. The van der Waals surface area contributed by atoms with Gasteiger partial charge in [0.05, 0.1) is 0 Å². The number of allylic oxidation sites excluding steroid dienone is 2. The Balaban J connectivity index is 2.29. The molecule has 0 saturated carbocycles. The van der Waals surface area contributed by atoms with Crippen molar-refractivity contribution in [2.45, 2.75) is 12.8 Å². The fraction of sp³-hybridized carbons (Fsp3) is 0.700. The predicted molar refractivity (Wildman–Crippen MR) is 53.4 cm³/mol. The molecular weight excluding hydrogens is 164 g/mol. The Bertz CT molecular complexity index is 193. The van der Waals surface area contributed by atoms with Gasteiger partial charge < -0.3 is 10.2 Å². The van der Waals surface area contributed by atoms with Crippen LogP contribution in [0.1, 0.15) is 12.8 Å². The molecule has 74 valence electrons. The molecule has 3 heteroatoms. The van der Waals surface area contributed by atoms with Gasteiger partial charge in [-0.05, 0) is 19.9 Å². The third-order valence-electron chi connectivity index (χ3n) is 2.43. The van der Waals surface area contributed by atoms with Crippen molar-refractivity contribution in [3.63, 3.8) is 0 Å². The summed E-state index contributed by atoms with van der Waals surface area (Å²) in [6.07, 6.45) is 6.02. The average molecular weight is 182 g/mol. The van der Waals surface area contributed by atoms with Crippen LogP contribution in [0.15, 0.2) is 12.2 Å². The molecule has 1 N–H and O–H groups in total. The average Bonchev–Trinajstić information content (AvgIpc) is 2.65. The highest BCUT2D eigenvalue weighted by molar-refractivity contribution is 5.79. The minimum atomic E-state index is 0.210. The minimum absolute atomic E-state index is 0.210. The van der Waals surface area contributed by atoms with Crippen molar-refractivity contribution >= 4 is 5.91 Å². The Kier molecular flexibility index (Phi) is 3.96. The third-order valence-corrected chi connectivity index (χ3v) is 2.43. The molecule has 13 heavy (non-hydrogen) atoms. The molecule has 1 amide bonds. The molecule has 0 aromatic carbocycles. The molecule has 0 aliphatic heterocycles. The van der Waals surface area contributed by atoms with Crippen LogP contribution in [0.3, 0.4) is 0 Å². The molecule has 1 aliphatic carbocycles. The van der Waals surface area contributed by atoms with Crippen molar-refractivity contribution in [1.82, 2.24) is 10.2 Å². The van der Waals surface area contributed by atoms with E-state index < -0.39 is 0 Å². The van der Waals surface area contributed by atoms with Crippen LogP contribution in [0.4, 0.5) is 0 Å². The summed E-state index contributed by atoms with van der Waals surface area (Å²) < 4.78 is 0. The molecule has 0 spiro atoms. The molecule has 3 nitrogen and oxygen atoms in total. The smallest absolute Gasteiger partial charge is 0.226 e. The van der Waals surface area contributed by atoms with E-state index in [1.807, 2.05) is 19.0 Å². The molecule has 0 atom stereocenters. The molecule has 1 rings (SSSR count). The van der Waals surface area contributed by atoms with Crippen molar-refractivity contribution in [2.24, 2.45) is 5.92 Å². The number of hydrogen-bond acceptors (Lipinski definition) is 2. The lowest BCUT2D eigenvalue weighted by atomic mass is 10.1. The minimum Gasteiger partial charge on any atom is -0.344 e. The second kappa shape index (κ2) is 5.02. The lowest BCUT2D eigenvalue weighted by molar-refractivity contribution is -0.133. The largest absolute Gasteiger partial charge is 0.344 e. The van der Waals surface area contributed by atoms with Crippen molar-refractivity contribution in [3.8, 4) is 0 Å². The fourth-order valence-corrected chi connectivity index (χ4v) is 1.52. The van der Waals surface area contributed by atoms with E-state index in [2.05, 4.69) is 17.5 Å². The van der Waals surface area contributed by atoms with Crippen LogP contribution in [0.5, 0.6) is 0 Å². The Labute approximate surface area is 79.8 Å². The Hall–Kier alpha value is -0.830. The van der Waals surface area contributed by atoms with Crippen LogP contribution >= 0.6 is 0 Å². The van der Waals surface area contributed by atoms with E-state index in [4.69, 9.17) is 0 Å². The van der Waals surface area contributed by atoms with Gasteiger partial charge in [0.15, 0.2) is 0 Å². The lowest BCUT2D eigenvalue weighted by Crippen LogP contribution is -2.36. The Morgan fingerprint density at radius 1 is 1.54 bits per heavy atom. The number of carbonyl (C=O) groups is 1. The maximum Gasteiger partial charge on any atom is 0.226 e. The Morgan fingerprint density at radius 2 is 2.15 bits per heavy atom. The first-order valence-corrected chi connectivity index (χ1v) is 4.80. The maximum absolute atomic E-state index is 11.7. The number of likely N-dealkylation sites (N-methyl/N-ethyl adjacent to an activating group) is 2. The van der Waals surface area contributed by atoms with Gasteiger partial charge in [-0.15, -0.1) is 0 Å². The first-order chi connectivity index (χ1) is 6.25. The SMILES string of the molecule is CNCCN(C)C(=O)C1CC=CC1. The van der Waals surface area contributed by atoms with Gasteiger partial charge in [0.1, 0.15) is 0 Å². The van der Waals surface area contributed by atoms with E-state index >= 15 is 0 Å². The van der Waals surface area contributed by atoms with Gasteiger partial charge in [-0.1, -0.05) is 12.2 Å². The maximum atomic E-state index is 11.7. The quantitative estimate of drug-likeness (QED) is 0.647. The Morgan fingerprint density at radius 3 is 2.69 bits per heavy atom. The summed E-state index contributed by atoms with van der Waals surface area (Å²) in [5, 5.41) is 3.03. The van der Waals surface area contributed by atoms with Crippen LogP contribution in [-0.2, 0) is 4.79 Å². The van der Waals surface area contributed by atoms with Crippen LogP contribution in [-0.4, -0.2) is 38.0 Å². The zero-order chi connectivity index (χ0) is 9.68. The van der Waals surface area contributed by atoms with Gasteiger partial charge in [-0.25, -0.2) is 0 Å². The molecule has 1 aliphatic rings. The van der Waals surface area contributed by atoms with E-state index in [9.17, 15) is 4.79 Å². The van der Waals surface area contributed by atoms with Crippen LogP contribution < -0.4 is 5.32 Å². The number of hydrogen-bond donors (Lipinski definition) is 1. The highest BCUT2D eigenvalue weighted by atomic mass is 16.2. The first-order valence-electron chi connectivity index (χ1n) is 4.80. The van der Waals surface area contributed by atoms with E-state index in [0.717, 1.165) is 25.9 Å². The summed E-state index contributed by atoms with van der Waals surface area (Å²) >= 11 is 0. The number of carbonyl (C=O) groups excluding carboxylic acids is 1. The second-order valence-corrected chi connectivity index (χ2v) is 3.50. The summed E-state index contributed by atoms with van der Waals surface area (Å²) in [4.78, 5) is 13.5. The molecule has 0 unspecified atom stereocenters. The number of nitrogens with one attached hydrogen (secondary N) is 1. The highest BCUT2D eigenvalue weighted by Crippen LogP contribution is 2.19. The van der Waals surface area contributed by atoms with E-state index in [0.29, 0.717) is 0 Å². The van der Waals surface area contributed by atoms with Gasteiger partial charge >= 0.3 is 0 Å². The predicted octanol–water partition coefficient (Wildman–Crippen LogP) is 0.630. The molecule has 0 aromatic rings. The monoisotopic (exact) mass is 182 g/mol. The van der Waals surface area contributed by atoms with Crippen LogP contribution in [0.25, 0.3) is 0 Å². The molecule has 0 bridgehead atoms. The van der Waals surface area contributed by atoms with Crippen LogP contribution in [0.2, 0.25) is 0 Å². The normalized spacial score (nSPS) is 16.5. The highest BCUT2D eigenvalue weighted by Gasteiger charge is 2.21. The summed E-state index contributed by atoms with van der Waals surface area (Å²) in [5.74, 6) is 0.488.